The monoisotopic (exact) mass is 270 g/mol. The van der Waals surface area contributed by atoms with Gasteiger partial charge in [0.2, 0.25) is 0 Å². The van der Waals surface area contributed by atoms with Crippen molar-refractivity contribution in [3.05, 3.63) is 40.9 Å². The molecule has 0 heterocycles. The lowest BCUT2D eigenvalue weighted by Crippen LogP contribution is -2.04. The van der Waals surface area contributed by atoms with E-state index in [1.54, 1.807) is 0 Å². The highest BCUT2D eigenvalue weighted by atomic mass is 79.9. The molecule has 0 amide bonds. The van der Waals surface area contributed by atoms with E-state index in [-0.39, 0.29) is 6.79 Å². The third-order valence-electron chi connectivity index (χ3n) is 1.90. The molecule has 3 heteroatoms. The molecule has 0 aromatic heterocycles. The van der Waals surface area contributed by atoms with Gasteiger partial charge < -0.3 is 9.47 Å². The fraction of sp³-hybridized carbons (Fsp3) is 0.333. The summed E-state index contributed by atoms with van der Waals surface area (Å²) in [5.74, 6) is 0.839. The van der Waals surface area contributed by atoms with E-state index in [0.29, 0.717) is 6.61 Å². The Morgan fingerprint density at radius 2 is 2.27 bits per heavy atom. The van der Waals surface area contributed by atoms with Crippen molar-refractivity contribution in [1.29, 1.82) is 0 Å². The first-order valence-electron chi connectivity index (χ1n) is 4.88. The van der Waals surface area contributed by atoms with Crippen LogP contribution in [-0.4, -0.2) is 13.4 Å². The Kier molecular flexibility index (Phi) is 5.43. The van der Waals surface area contributed by atoms with Crippen LogP contribution in [0.15, 0.2) is 35.3 Å². The minimum absolute atomic E-state index is 0.281. The van der Waals surface area contributed by atoms with Crippen LogP contribution in [0.25, 0.3) is 0 Å². The first-order valence-corrected chi connectivity index (χ1v) is 5.67. The van der Waals surface area contributed by atoms with E-state index in [9.17, 15) is 0 Å². The molecule has 0 aliphatic rings. The van der Waals surface area contributed by atoms with Gasteiger partial charge in [0, 0.05) is 6.61 Å². The number of ether oxygens (including phenoxy) is 2. The molecule has 0 aliphatic carbocycles. The van der Waals surface area contributed by atoms with Crippen molar-refractivity contribution in [2.45, 2.75) is 13.3 Å². The Bertz CT molecular complexity index is 323. The van der Waals surface area contributed by atoms with Crippen LogP contribution in [0.2, 0.25) is 0 Å². The van der Waals surface area contributed by atoms with Crippen LogP contribution >= 0.6 is 15.9 Å². The minimum Gasteiger partial charge on any atom is -0.466 e. The van der Waals surface area contributed by atoms with Crippen LogP contribution in [-0.2, 0) is 11.2 Å². The summed E-state index contributed by atoms with van der Waals surface area (Å²) in [5.41, 5.74) is 1.11. The molecule has 15 heavy (non-hydrogen) atoms. The molecule has 0 saturated carbocycles. The second-order valence-electron chi connectivity index (χ2n) is 2.98. The third-order valence-corrected chi connectivity index (χ3v) is 2.53. The van der Waals surface area contributed by atoms with Crippen LogP contribution in [0.3, 0.4) is 0 Å². The van der Waals surface area contributed by atoms with Gasteiger partial charge in [0.15, 0.2) is 6.79 Å². The summed E-state index contributed by atoms with van der Waals surface area (Å²) in [6, 6.07) is 5.96. The lowest BCUT2D eigenvalue weighted by molar-refractivity contribution is 0.0214. The van der Waals surface area contributed by atoms with Crippen LogP contribution < -0.4 is 4.74 Å². The molecular weight excluding hydrogens is 256 g/mol. The molecule has 0 N–H and O–H groups in total. The summed E-state index contributed by atoms with van der Waals surface area (Å²) in [5, 5.41) is 0. The minimum atomic E-state index is 0.281. The normalized spacial score (nSPS) is 10.0. The van der Waals surface area contributed by atoms with E-state index < -0.39 is 0 Å². The lowest BCUT2D eigenvalue weighted by atomic mass is 10.1. The van der Waals surface area contributed by atoms with E-state index in [1.165, 1.54) is 0 Å². The standard InChI is InChI=1S/C12H15BrO2/c1-3-6-10-7-5-8-11(13)12(10)15-9-14-4-2/h3,5,7-8H,1,4,6,9H2,2H3. The Hall–Kier alpha value is -0.800. The number of halogens is 1. The van der Waals surface area contributed by atoms with Crippen molar-refractivity contribution in [2.24, 2.45) is 0 Å². The summed E-state index contributed by atoms with van der Waals surface area (Å²) >= 11 is 3.45. The average molecular weight is 271 g/mol. The fourth-order valence-corrected chi connectivity index (χ4v) is 1.74. The van der Waals surface area contributed by atoms with Crippen molar-refractivity contribution in [3.63, 3.8) is 0 Å². The maximum Gasteiger partial charge on any atom is 0.189 e. The average Bonchev–Trinajstić information content (AvgIpc) is 2.23. The van der Waals surface area contributed by atoms with Gasteiger partial charge in [-0.3, -0.25) is 0 Å². The largest absolute Gasteiger partial charge is 0.466 e. The lowest BCUT2D eigenvalue weighted by Gasteiger charge is -2.11. The predicted molar refractivity (Wildman–Crippen MR) is 65.2 cm³/mol. The summed E-state index contributed by atoms with van der Waals surface area (Å²) < 4.78 is 11.6. The molecule has 1 aromatic carbocycles. The summed E-state index contributed by atoms with van der Waals surface area (Å²) in [6.45, 7) is 6.59. The van der Waals surface area contributed by atoms with Crippen LogP contribution in [0, 0.1) is 0 Å². The quantitative estimate of drug-likeness (QED) is 0.447. The van der Waals surface area contributed by atoms with Gasteiger partial charge >= 0.3 is 0 Å². The third kappa shape index (κ3) is 3.68. The summed E-state index contributed by atoms with van der Waals surface area (Å²) in [7, 11) is 0. The molecule has 0 saturated heterocycles. The Morgan fingerprint density at radius 3 is 2.93 bits per heavy atom. The zero-order chi connectivity index (χ0) is 11.1. The van der Waals surface area contributed by atoms with Crippen molar-refractivity contribution >= 4 is 15.9 Å². The molecular formula is C12H15BrO2. The highest BCUT2D eigenvalue weighted by Gasteiger charge is 2.06. The molecule has 0 bridgehead atoms. The number of rotatable bonds is 6. The van der Waals surface area contributed by atoms with Gasteiger partial charge in [-0.25, -0.2) is 0 Å². The zero-order valence-electron chi connectivity index (χ0n) is 8.83. The number of benzene rings is 1. The van der Waals surface area contributed by atoms with Crippen molar-refractivity contribution in [1.82, 2.24) is 0 Å². The van der Waals surface area contributed by atoms with Gasteiger partial charge in [0.05, 0.1) is 4.47 Å². The summed E-state index contributed by atoms with van der Waals surface area (Å²) in [6.07, 6.45) is 2.65. The van der Waals surface area contributed by atoms with Crippen molar-refractivity contribution in [3.8, 4) is 5.75 Å². The molecule has 2 nitrogen and oxygen atoms in total. The van der Waals surface area contributed by atoms with Crippen LogP contribution in [0.5, 0.6) is 5.75 Å². The second-order valence-corrected chi connectivity index (χ2v) is 3.83. The highest BCUT2D eigenvalue weighted by molar-refractivity contribution is 9.10. The molecule has 82 valence electrons. The Labute approximate surface area is 99.0 Å². The molecule has 1 rings (SSSR count). The topological polar surface area (TPSA) is 18.5 Å². The molecule has 0 radical (unpaired) electrons. The maximum absolute atomic E-state index is 5.54. The highest BCUT2D eigenvalue weighted by Crippen LogP contribution is 2.29. The molecule has 1 aromatic rings. The molecule has 0 spiro atoms. The first kappa shape index (κ1) is 12.3. The predicted octanol–water partition coefficient (Wildman–Crippen LogP) is 3.55. The molecule has 0 fully saturated rings. The van der Waals surface area contributed by atoms with Gasteiger partial charge in [-0.05, 0) is 40.9 Å². The van der Waals surface area contributed by atoms with Crippen LogP contribution in [0.1, 0.15) is 12.5 Å². The zero-order valence-corrected chi connectivity index (χ0v) is 10.4. The fourth-order valence-electron chi connectivity index (χ4n) is 1.22. The van der Waals surface area contributed by atoms with E-state index in [2.05, 4.69) is 22.5 Å². The van der Waals surface area contributed by atoms with Gasteiger partial charge in [0.1, 0.15) is 5.75 Å². The number of hydrogen-bond donors (Lipinski definition) is 0. The van der Waals surface area contributed by atoms with Gasteiger partial charge in [-0.1, -0.05) is 18.2 Å². The van der Waals surface area contributed by atoms with E-state index in [1.807, 2.05) is 31.2 Å². The molecule has 0 unspecified atom stereocenters. The van der Waals surface area contributed by atoms with E-state index in [0.717, 1.165) is 22.2 Å². The van der Waals surface area contributed by atoms with Crippen molar-refractivity contribution in [2.75, 3.05) is 13.4 Å². The Morgan fingerprint density at radius 1 is 1.47 bits per heavy atom. The summed E-state index contributed by atoms with van der Waals surface area (Å²) in [4.78, 5) is 0. The van der Waals surface area contributed by atoms with E-state index in [4.69, 9.17) is 9.47 Å². The first-order chi connectivity index (χ1) is 7.29. The number of allylic oxidation sites excluding steroid dienone is 1. The van der Waals surface area contributed by atoms with Gasteiger partial charge in [0.25, 0.3) is 0 Å². The smallest absolute Gasteiger partial charge is 0.189 e. The van der Waals surface area contributed by atoms with Gasteiger partial charge in [-0.15, -0.1) is 6.58 Å². The van der Waals surface area contributed by atoms with Crippen LogP contribution in [0.4, 0.5) is 0 Å². The SMILES string of the molecule is C=CCc1cccc(Br)c1OCOCC. The second kappa shape index (κ2) is 6.64. The Balaban J connectivity index is 2.77. The number of para-hydroxylation sites is 1. The number of hydrogen-bond acceptors (Lipinski definition) is 2. The maximum atomic E-state index is 5.54. The molecule has 0 aliphatic heterocycles. The van der Waals surface area contributed by atoms with E-state index >= 15 is 0 Å². The molecule has 0 atom stereocenters. The van der Waals surface area contributed by atoms with Gasteiger partial charge in [-0.2, -0.15) is 0 Å². The van der Waals surface area contributed by atoms with Crippen molar-refractivity contribution < 1.29 is 9.47 Å².